The Morgan fingerprint density at radius 1 is 0.531 bits per heavy atom. The highest BCUT2D eigenvalue weighted by molar-refractivity contribution is 7.26. The zero-order valence-electron chi connectivity index (χ0n) is 26.1. The number of benzene rings is 7. The van der Waals surface area contributed by atoms with Crippen LogP contribution in [-0.4, -0.2) is 9.13 Å². The van der Waals surface area contributed by atoms with Gasteiger partial charge in [0, 0.05) is 47.5 Å². The van der Waals surface area contributed by atoms with Gasteiger partial charge in [0.1, 0.15) is 0 Å². The summed E-state index contributed by atoms with van der Waals surface area (Å²) in [7, 11) is 0. The van der Waals surface area contributed by atoms with Crippen LogP contribution in [0.5, 0.6) is 0 Å². The highest BCUT2D eigenvalue weighted by Gasteiger charge is 2.22. The Kier molecular flexibility index (Phi) is 5.84. The lowest BCUT2D eigenvalue weighted by Gasteiger charge is -2.18. The maximum Gasteiger partial charge on any atom is 0.188 e. The molecule has 3 heterocycles. The third-order valence-electron chi connectivity index (χ3n) is 9.77. The minimum Gasteiger partial charge on any atom is -0.309 e. The van der Waals surface area contributed by atoms with Gasteiger partial charge in [0.25, 0.3) is 0 Å². The molecule has 0 bridgehead atoms. The Morgan fingerprint density at radius 3 is 1.92 bits per heavy atom. The maximum absolute atomic E-state index is 9.71. The molecule has 10 rings (SSSR count). The number of hydrogen-bond acceptors (Lipinski definition) is 2. The summed E-state index contributed by atoms with van der Waals surface area (Å²) in [5.41, 5.74) is 9.94. The molecule has 0 spiro atoms. The van der Waals surface area contributed by atoms with E-state index in [4.69, 9.17) is 6.57 Å². The summed E-state index contributed by atoms with van der Waals surface area (Å²) in [6.07, 6.45) is 0. The number of fused-ring (bicyclic) bond motifs is 10. The van der Waals surface area contributed by atoms with Crippen LogP contribution in [0.2, 0.25) is 0 Å². The van der Waals surface area contributed by atoms with Crippen LogP contribution in [-0.2, 0) is 0 Å². The van der Waals surface area contributed by atoms with Gasteiger partial charge in [0.2, 0.25) is 0 Å². The predicted molar refractivity (Wildman–Crippen MR) is 204 cm³/mol. The first kappa shape index (κ1) is 27.5. The van der Waals surface area contributed by atoms with Crippen molar-refractivity contribution in [3.8, 4) is 28.6 Å². The van der Waals surface area contributed by atoms with Gasteiger partial charge in [-0.1, -0.05) is 84.9 Å². The normalized spacial score (nSPS) is 11.6. The van der Waals surface area contributed by atoms with Crippen LogP contribution in [0, 0.1) is 17.9 Å². The van der Waals surface area contributed by atoms with Gasteiger partial charge >= 0.3 is 0 Å². The third kappa shape index (κ3) is 3.88. The van der Waals surface area contributed by atoms with Crippen molar-refractivity contribution >= 4 is 80.8 Å². The molecule has 0 unspecified atom stereocenters. The molecule has 7 aromatic carbocycles. The van der Waals surface area contributed by atoms with Gasteiger partial charge in [0.15, 0.2) is 5.69 Å². The minimum absolute atomic E-state index is 0.634. The Hall–Kier alpha value is -6.66. The van der Waals surface area contributed by atoms with E-state index in [1.165, 1.54) is 25.6 Å². The second-order valence-electron chi connectivity index (χ2n) is 12.3. The van der Waals surface area contributed by atoms with Gasteiger partial charge in [-0.05, 0) is 66.0 Å². The first-order valence-corrected chi connectivity index (χ1v) is 16.9. The Morgan fingerprint density at radius 2 is 1.14 bits per heavy atom. The molecule has 0 N–H and O–H groups in total. The van der Waals surface area contributed by atoms with Gasteiger partial charge < -0.3 is 9.13 Å². The van der Waals surface area contributed by atoms with E-state index in [1.54, 1.807) is 0 Å². The molecule has 0 aliphatic rings. The molecule has 0 amide bonds. The predicted octanol–water partition coefficient (Wildman–Crippen LogP) is 12.3. The average molecular weight is 641 g/mol. The van der Waals surface area contributed by atoms with Crippen molar-refractivity contribution < 1.29 is 0 Å². The summed E-state index contributed by atoms with van der Waals surface area (Å²) in [5.74, 6) is 0. The smallest absolute Gasteiger partial charge is 0.188 e. The lowest BCUT2D eigenvalue weighted by molar-refractivity contribution is 1.16. The average Bonchev–Trinajstić information content (AvgIpc) is 3.81. The van der Waals surface area contributed by atoms with Gasteiger partial charge in [-0.3, -0.25) is 0 Å². The number of nitriles is 1. The van der Waals surface area contributed by atoms with E-state index in [0.29, 0.717) is 11.3 Å². The molecule has 10 aromatic rings. The second kappa shape index (κ2) is 10.4. The van der Waals surface area contributed by atoms with Crippen molar-refractivity contribution in [2.24, 2.45) is 0 Å². The molecular formula is C44H24N4S. The topological polar surface area (TPSA) is 38.0 Å². The minimum atomic E-state index is 0.634. The molecule has 4 nitrogen and oxygen atoms in total. The lowest BCUT2D eigenvalue weighted by Crippen LogP contribution is -2.01. The van der Waals surface area contributed by atoms with Crippen LogP contribution in [0.25, 0.3) is 91.1 Å². The second-order valence-corrected chi connectivity index (χ2v) is 13.4. The summed E-state index contributed by atoms with van der Waals surface area (Å²) >= 11 is 1.82. The summed E-state index contributed by atoms with van der Waals surface area (Å²) in [6.45, 7) is 7.83. The van der Waals surface area contributed by atoms with Gasteiger partial charge in [0.05, 0.1) is 51.6 Å². The highest BCUT2D eigenvalue weighted by atomic mass is 32.1. The Balaban J connectivity index is 1.30. The van der Waals surface area contributed by atoms with Crippen molar-refractivity contribution in [3.05, 3.63) is 163 Å². The monoisotopic (exact) mass is 640 g/mol. The SMILES string of the molecule is [C-]#[N+]c1ccc2c(c1)c1c3sc4ccccc4c3ccc1n2-c1ccccc1-c1ccccc1-n1c2ccccc2c2cc(C#N)ccc21. The number of para-hydroxylation sites is 3. The third-order valence-corrected chi connectivity index (χ3v) is 11.0. The molecule has 3 aromatic heterocycles. The van der Waals surface area contributed by atoms with Crippen molar-refractivity contribution in [2.45, 2.75) is 0 Å². The molecule has 226 valence electrons. The van der Waals surface area contributed by atoms with E-state index < -0.39 is 0 Å². The fourth-order valence-electron chi connectivity index (χ4n) is 7.70. The quantitative estimate of drug-likeness (QED) is 0.177. The van der Waals surface area contributed by atoms with Crippen LogP contribution in [0.15, 0.2) is 146 Å². The lowest BCUT2D eigenvalue weighted by atomic mass is 10.0. The molecule has 0 fully saturated rings. The van der Waals surface area contributed by atoms with Crippen molar-refractivity contribution in [1.82, 2.24) is 9.13 Å². The summed E-state index contributed by atoms with van der Waals surface area (Å²) in [6, 6.07) is 53.1. The molecule has 0 atom stereocenters. The van der Waals surface area contributed by atoms with Crippen LogP contribution in [0.3, 0.4) is 0 Å². The first-order chi connectivity index (χ1) is 24.2. The van der Waals surface area contributed by atoms with E-state index in [9.17, 15) is 5.26 Å². The van der Waals surface area contributed by atoms with Crippen LogP contribution >= 0.6 is 11.3 Å². The molecule has 0 saturated heterocycles. The zero-order valence-corrected chi connectivity index (χ0v) is 26.9. The number of aromatic nitrogens is 2. The molecular weight excluding hydrogens is 617 g/mol. The first-order valence-electron chi connectivity index (χ1n) is 16.1. The molecule has 0 aliphatic heterocycles. The maximum atomic E-state index is 9.71. The molecule has 5 heteroatoms. The number of thiophene rings is 1. The number of nitrogens with zero attached hydrogens (tertiary/aromatic N) is 4. The van der Waals surface area contributed by atoms with Crippen LogP contribution in [0.1, 0.15) is 5.56 Å². The van der Waals surface area contributed by atoms with Gasteiger partial charge in [-0.15, -0.1) is 11.3 Å². The molecule has 0 radical (unpaired) electrons. The molecule has 49 heavy (non-hydrogen) atoms. The van der Waals surface area contributed by atoms with E-state index in [0.717, 1.165) is 60.7 Å². The van der Waals surface area contributed by atoms with E-state index in [-0.39, 0.29) is 0 Å². The molecule has 0 aliphatic carbocycles. The Bertz CT molecular complexity index is 3090. The fourth-order valence-corrected chi connectivity index (χ4v) is 8.96. The number of rotatable bonds is 3. The Labute approximate surface area is 285 Å². The van der Waals surface area contributed by atoms with Crippen LogP contribution < -0.4 is 0 Å². The number of hydrogen-bond donors (Lipinski definition) is 0. The largest absolute Gasteiger partial charge is 0.309 e. The summed E-state index contributed by atoms with van der Waals surface area (Å²) < 4.78 is 7.20. The van der Waals surface area contributed by atoms with Gasteiger partial charge in [-0.2, -0.15) is 5.26 Å². The highest BCUT2D eigenvalue weighted by Crippen LogP contribution is 2.46. The molecule has 0 saturated carbocycles. The standard InChI is InChI=1S/C44H24N4S/c1-46-28-19-22-40-35(25-28)43-41(23-20-33-32-13-5-9-17-42(32)49-44(33)43)48(40)37-15-7-3-11-30(37)29-10-2-6-14-36(29)47-38-16-8-4-12-31(38)34-24-27(26-45)18-21-39(34)47/h2-25H. The van der Waals surface area contributed by atoms with E-state index in [2.05, 4.69) is 147 Å². The summed E-state index contributed by atoms with van der Waals surface area (Å²) in [5, 5.41) is 16.6. The van der Waals surface area contributed by atoms with Gasteiger partial charge in [-0.25, -0.2) is 4.85 Å². The van der Waals surface area contributed by atoms with Crippen molar-refractivity contribution in [3.63, 3.8) is 0 Å². The summed E-state index contributed by atoms with van der Waals surface area (Å²) in [4.78, 5) is 3.82. The fraction of sp³-hybridized carbons (Fsp3) is 0. The van der Waals surface area contributed by atoms with Crippen LogP contribution in [0.4, 0.5) is 5.69 Å². The van der Waals surface area contributed by atoms with E-state index in [1.807, 2.05) is 29.5 Å². The zero-order chi connectivity index (χ0) is 32.6. The van der Waals surface area contributed by atoms with Crippen molar-refractivity contribution in [1.29, 1.82) is 5.26 Å². The van der Waals surface area contributed by atoms with Crippen molar-refractivity contribution in [2.75, 3.05) is 0 Å². The van der Waals surface area contributed by atoms with E-state index >= 15 is 0 Å².